The number of benzene rings is 2. The highest BCUT2D eigenvalue weighted by atomic mass is 16.4. The minimum atomic E-state index is -0.997. The zero-order valence-corrected chi connectivity index (χ0v) is 13.9. The van der Waals surface area contributed by atoms with Crippen molar-refractivity contribution in [2.75, 3.05) is 0 Å². The van der Waals surface area contributed by atoms with Crippen LogP contribution in [0.15, 0.2) is 42.5 Å². The number of fused-ring (bicyclic) bond motifs is 1. The molecule has 0 heterocycles. The summed E-state index contributed by atoms with van der Waals surface area (Å²) in [6.45, 7) is 0. The third-order valence-electron chi connectivity index (χ3n) is 4.81. The van der Waals surface area contributed by atoms with Crippen molar-refractivity contribution in [3.8, 4) is 0 Å². The lowest BCUT2D eigenvalue weighted by molar-refractivity contribution is -0.137. The van der Waals surface area contributed by atoms with Gasteiger partial charge in [-0.1, -0.05) is 48.9 Å². The van der Waals surface area contributed by atoms with Gasteiger partial charge in [0.05, 0.1) is 18.9 Å². The van der Waals surface area contributed by atoms with Gasteiger partial charge in [0, 0.05) is 5.92 Å². The van der Waals surface area contributed by atoms with Crippen LogP contribution in [0.1, 0.15) is 43.7 Å². The first-order valence-electron chi connectivity index (χ1n) is 8.56. The van der Waals surface area contributed by atoms with Gasteiger partial charge >= 0.3 is 5.97 Å². The highest BCUT2D eigenvalue weighted by Crippen LogP contribution is 2.29. The maximum absolute atomic E-state index is 12.3. The van der Waals surface area contributed by atoms with Gasteiger partial charge in [0.1, 0.15) is 5.78 Å². The van der Waals surface area contributed by atoms with Crippen LogP contribution < -0.4 is 5.32 Å². The average Bonchev–Trinajstić information content (AvgIpc) is 2.51. The minimum Gasteiger partial charge on any atom is -0.481 e. The maximum atomic E-state index is 12.3. The van der Waals surface area contributed by atoms with E-state index in [1.165, 1.54) is 0 Å². The first kappa shape index (κ1) is 17.1. The number of carbonyl (C=O) groups excluding carboxylic acids is 2. The molecule has 25 heavy (non-hydrogen) atoms. The van der Waals surface area contributed by atoms with Crippen LogP contribution in [0, 0.1) is 5.92 Å². The summed E-state index contributed by atoms with van der Waals surface area (Å²) in [6, 6.07) is 12.6. The standard InChI is InChI=1S/C20H21NO4/c22-18(14-7-3-8-14)12-19(23)21-17(11-20(24)25)16-10-4-6-13-5-1-2-9-15(13)16/h1-2,4-6,9-10,14,17H,3,7-8,11-12H2,(H,21,23)(H,24,25)/t17-/m1/s1. The molecule has 0 spiro atoms. The van der Waals surface area contributed by atoms with Gasteiger partial charge in [-0.05, 0) is 29.2 Å². The Labute approximate surface area is 146 Å². The van der Waals surface area contributed by atoms with Crippen molar-refractivity contribution in [3.63, 3.8) is 0 Å². The molecule has 0 radical (unpaired) electrons. The Balaban J connectivity index is 1.80. The predicted molar refractivity (Wildman–Crippen MR) is 94.0 cm³/mol. The molecular weight excluding hydrogens is 318 g/mol. The zero-order chi connectivity index (χ0) is 17.8. The molecule has 1 saturated carbocycles. The summed E-state index contributed by atoms with van der Waals surface area (Å²) in [7, 11) is 0. The van der Waals surface area contributed by atoms with Crippen molar-refractivity contribution in [2.24, 2.45) is 5.92 Å². The molecule has 2 aromatic rings. The van der Waals surface area contributed by atoms with E-state index < -0.39 is 17.9 Å². The Hall–Kier alpha value is -2.69. The van der Waals surface area contributed by atoms with Gasteiger partial charge < -0.3 is 10.4 Å². The molecule has 5 nitrogen and oxygen atoms in total. The van der Waals surface area contributed by atoms with Crippen LogP contribution >= 0.6 is 0 Å². The molecule has 3 rings (SSSR count). The fourth-order valence-electron chi connectivity index (χ4n) is 3.25. The molecule has 0 bridgehead atoms. The second-order valence-corrected chi connectivity index (χ2v) is 6.56. The normalized spacial score (nSPS) is 15.4. The number of carbonyl (C=O) groups is 3. The largest absolute Gasteiger partial charge is 0.481 e. The molecule has 130 valence electrons. The third-order valence-corrected chi connectivity index (χ3v) is 4.81. The van der Waals surface area contributed by atoms with Crippen molar-refractivity contribution < 1.29 is 19.5 Å². The molecular formula is C20H21NO4. The highest BCUT2D eigenvalue weighted by Gasteiger charge is 2.28. The summed E-state index contributed by atoms with van der Waals surface area (Å²) in [5.74, 6) is -1.45. The van der Waals surface area contributed by atoms with E-state index in [2.05, 4.69) is 5.32 Å². The second-order valence-electron chi connectivity index (χ2n) is 6.56. The predicted octanol–water partition coefficient (Wildman–Crippen LogP) is 3.23. The van der Waals surface area contributed by atoms with E-state index in [-0.39, 0.29) is 24.5 Å². The number of hydrogen-bond acceptors (Lipinski definition) is 3. The molecule has 1 aliphatic carbocycles. The summed E-state index contributed by atoms with van der Waals surface area (Å²) in [6.07, 6.45) is 2.35. The number of nitrogens with one attached hydrogen (secondary N) is 1. The van der Waals surface area contributed by atoms with E-state index in [1.807, 2.05) is 42.5 Å². The fourth-order valence-corrected chi connectivity index (χ4v) is 3.25. The van der Waals surface area contributed by atoms with Crippen molar-refractivity contribution >= 4 is 28.4 Å². The SMILES string of the molecule is O=C(O)C[C@@H](NC(=O)CC(=O)C1CCC1)c1cccc2ccccc12. The molecule has 1 aliphatic rings. The van der Waals surface area contributed by atoms with E-state index in [9.17, 15) is 19.5 Å². The number of aliphatic carboxylic acids is 1. The molecule has 1 atom stereocenters. The topological polar surface area (TPSA) is 83.5 Å². The summed E-state index contributed by atoms with van der Waals surface area (Å²) in [5, 5.41) is 13.9. The summed E-state index contributed by atoms with van der Waals surface area (Å²) in [5.41, 5.74) is 0.755. The number of carboxylic acid groups (broad SMARTS) is 1. The van der Waals surface area contributed by atoms with Crippen LogP contribution in [0.3, 0.4) is 0 Å². The van der Waals surface area contributed by atoms with Gasteiger partial charge in [0.15, 0.2) is 0 Å². The monoisotopic (exact) mass is 339 g/mol. The lowest BCUT2D eigenvalue weighted by Gasteiger charge is -2.24. The molecule has 2 aromatic carbocycles. The van der Waals surface area contributed by atoms with Gasteiger partial charge in [-0.15, -0.1) is 0 Å². The molecule has 0 unspecified atom stereocenters. The van der Waals surface area contributed by atoms with Crippen molar-refractivity contribution in [1.29, 1.82) is 0 Å². The molecule has 0 aromatic heterocycles. The smallest absolute Gasteiger partial charge is 0.305 e. The molecule has 1 amide bonds. The zero-order valence-electron chi connectivity index (χ0n) is 13.9. The minimum absolute atomic E-state index is 0.00114. The van der Waals surface area contributed by atoms with E-state index >= 15 is 0 Å². The Morgan fingerprint density at radius 1 is 1.08 bits per heavy atom. The van der Waals surface area contributed by atoms with Gasteiger partial charge in [0.2, 0.25) is 5.91 Å². The van der Waals surface area contributed by atoms with E-state index in [0.29, 0.717) is 0 Å². The first-order chi connectivity index (χ1) is 12.0. The molecule has 0 saturated heterocycles. The van der Waals surface area contributed by atoms with Crippen LogP contribution in [0.2, 0.25) is 0 Å². The average molecular weight is 339 g/mol. The van der Waals surface area contributed by atoms with Crippen LogP contribution in [0.4, 0.5) is 0 Å². The van der Waals surface area contributed by atoms with Crippen molar-refractivity contribution in [2.45, 2.75) is 38.1 Å². The summed E-state index contributed by atoms with van der Waals surface area (Å²) >= 11 is 0. The number of ketones is 1. The van der Waals surface area contributed by atoms with E-state index in [4.69, 9.17) is 0 Å². The first-order valence-corrected chi connectivity index (χ1v) is 8.56. The highest BCUT2D eigenvalue weighted by molar-refractivity contribution is 5.99. The summed E-state index contributed by atoms with van der Waals surface area (Å²) < 4.78 is 0. The maximum Gasteiger partial charge on any atom is 0.305 e. The van der Waals surface area contributed by atoms with Crippen molar-refractivity contribution in [3.05, 3.63) is 48.0 Å². The van der Waals surface area contributed by atoms with Crippen LogP contribution in [0.25, 0.3) is 10.8 Å². The lowest BCUT2D eigenvalue weighted by Crippen LogP contribution is -2.34. The number of rotatable bonds is 7. The summed E-state index contributed by atoms with van der Waals surface area (Å²) in [4.78, 5) is 35.6. The van der Waals surface area contributed by atoms with Gasteiger partial charge in [-0.3, -0.25) is 14.4 Å². The van der Waals surface area contributed by atoms with Crippen LogP contribution in [0.5, 0.6) is 0 Å². The molecule has 5 heteroatoms. The number of amides is 1. The van der Waals surface area contributed by atoms with E-state index in [1.54, 1.807) is 0 Å². The Morgan fingerprint density at radius 2 is 1.80 bits per heavy atom. The second kappa shape index (κ2) is 7.47. The lowest BCUT2D eigenvalue weighted by atomic mass is 9.81. The van der Waals surface area contributed by atoms with Gasteiger partial charge in [-0.2, -0.15) is 0 Å². The van der Waals surface area contributed by atoms with E-state index in [0.717, 1.165) is 35.6 Å². The molecule has 2 N–H and O–H groups in total. The van der Waals surface area contributed by atoms with Crippen LogP contribution in [-0.2, 0) is 14.4 Å². The number of carboxylic acids is 1. The number of Topliss-reactive ketones (excluding diaryl/α,β-unsaturated/α-hetero) is 1. The Kier molecular flexibility index (Phi) is 5.12. The van der Waals surface area contributed by atoms with Crippen molar-refractivity contribution in [1.82, 2.24) is 5.32 Å². The number of hydrogen-bond donors (Lipinski definition) is 2. The van der Waals surface area contributed by atoms with Gasteiger partial charge in [0.25, 0.3) is 0 Å². The quantitative estimate of drug-likeness (QED) is 0.759. The fraction of sp³-hybridized carbons (Fsp3) is 0.350. The Morgan fingerprint density at radius 3 is 2.48 bits per heavy atom. The Bertz CT molecular complexity index is 805. The molecule has 0 aliphatic heterocycles. The molecule has 1 fully saturated rings. The van der Waals surface area contributed by atoms with Crippen LogP contribution in [-0.4, -0.2) is 22.8 Å². The third kappa shape index (κ3) is 4.05. The van der Waals surface area contributed by atoms with Gasteiger partial charge in [-0.25, -0.2) is 0 Å².